The molecule has 1 aromatic heterocycles. The minimum atomic E-state index is -4.50. The molecular weight excluding hydrogens is 335 g/mol. The molecule has 0 radical (unpaired) electrons. The number of halogens is 3. The van der Waals surface area contributed by atoms with E-state index in [-0.39, 0.29) is 17.5 Å². The van der Waals surface area contributed by atoms with Gasteiger partial charge in [-0.25, -0.2) is 0 Å². The number of carbonyl (C=O) groups is 1. The summed E-state index contributed by atoms with van der Waals surface area (Å²) in [7, 11) is 0. The van der Waals surface area contributed by atoms with Crippen LogP contribution in [0.1, 0.15) is 35.8 Å². The smallest absolute Gasteiger partial charge is 0.378 e. The van der Waals surface area contributed by atoms with Crippen LogP contribution in [-0.4, -0.2) is 65.6 Å². The van der Waals surface area contributed by atoms with Crippen LogP contribution in [0, 0.1) is 0 Å². The van der Waals surface area contributed by atoms with Gasteiger partial charge >= 0.3 is 6.18 Å². The number of hydrogen-bond donors (Lipinski definition) is 0. The molecule has 0 N–H and O–H groups in total. The van der Waals surface area contributed by atoms with Crippen LogP contribution in [0.2, 0.25) is 0 Å². The number of nitrogens with zero attached hydrogens (tertiary/aromatic N) is 3. The van der Waals surface area contributed by atoms with Crippen molar-refractivity contribution in [3.63, 3.8) is 0 Å². The number of hydrogen-bond acceptors (Lipinski definition) is 4. The van der Waals surface area contributed by atoms with Gasteiger partial charge in [-0.15, -0.1) is 0 Å². The highest BCUT2D eigenvalue weighted by Crippen LogP contribution is 2.27. The summed E-state index contributed by atoms with van der Waals surface area (Å²) < 4.78 is 43.4. The molecule has 3 heterocycles. The van der Waals surface area contributed by atoms with E-state index in [2.05, 4.69) is 16.8 Å². The van der Waals surface area contributed by atoms with Crippen LogP contribution in [0.3, 0.4) is 0 Å². The van der Waals surface area contributed by atoms with Crippen molar-refractivity contribution in [1.29, 1.82) is 0 Å². The van der Waals surface area contributed by atoms with Crippen molar-refractivity contribution >= 4 is 5.91 Å². The van der Waals surface area contributed by atoms with Gasteiger partial charge in [0.1, 0.15) is 5.69 Å². The Morgan fingerprint density at radius 3 is 2.76 bits per heavy atom. The first-order valence-corrected chi connectivity index (χ1v) is 8.56. The van der Waals surface area contributed by atoms with Gasteiger partial charge in [0.15, 0.2) is 0 Å². The minimum Gasteiger partial charge on any atom is -0.378 e. The predicted molar refractivity (Wildman–Crippen MR) is 85.2 cm³/mol. The van der Waals surface area contributed by atoms with E-state index in [0.29, 0.717) is 25.7 Å². The van der Waals surface area contributed by atoms with Gasteiger partial charge < -0.3 is 9.64 Å². The van der Waals surface area contributed by atoms with Gasteiger partial charge in [0.05, 0.1) is 24.8 Å². The second-order valence-corrected chi connectivity index (χ2v) is 6.55. The van der Waals surface area contributed by atoms with Crippen molar-refractivity contribution < 1.29 is 22.7 Å². The summed E-state index contributed by atoms with van der Waals surface area (Å²) in [6, 6.07) is 2.57. The molecule has 0 aliphatic carbocycles. The van der Waals surface area contributed by atoms with Gasteiger partial charge in [-0.1, -0.05) is 13.3 Å². The van der Waals surface area contributed by atoms with E-state index >= 15 is 0 Å². The normalized spacial score (nSPS) is 24.9. The Bertz CT molecular complexity index is 604. The zero-order valence-corrected chi connectivity index (χ0v) is 14.1. The number of alkyl halides is 3. The Kier molecular flexibility index (Phi) is 5.29. The number of rotatable bonds is 3. The molecule has 5 nitrogen and oxygen atoms in total. The van der Waals surface area contributed by atoms with E-state index in [0.717, 1.165) is 38.3 Å². The van der Waals surface area contributed by atoms with Gasteiger partial charge in [-0.05, 0) is 18.6 Å². The van der Waals surface area contributed by atoms with Gasteiger partial charge in [0.25, 0.3) is 5.91 Å². The number of fused-ring (bicyclic) bond motifs is 1. The zero-order chi connectivity index (χ0) is 18.0. The zero-order valence-electron chi connectivity index (χ0n) is 14.1. The number of amides is 1. The third-order valence-electron chi connectivity index (χ3n) is 4.83. The van der Waals surface area contributed by atoms with E-state index < -0.39 is 11.9 Å². The molecular formula is C17H22F3N3O2. The lowest BCUT2D eigenvalue weighted by Gasteiger charge is -2.48. The van der Waals surface area contributed by atoms with Crippen molar-refractivity contribution in [1.82, 2.24) is 14.8 Å². The molecule has 25 heavy (non-hydrogen) atoms. The van der Waals surface area contributed by atoms with Crippen molar-refractivity contribution in [2.24, 2.45) is 0 Å². The maximum Gasteiger partial charge on any atom is 0.433 e. The van der Waals surface area contributed by atoms with Gasteiger partial charge in [0, 0.05) is 31.9 Å². The topological polar surface area (TPSA) is 45.7 Å². The molecule has 8 heteroatoms. The first-order chi connectivity index (χ1) is 11.9. The maximum absolute atomic E-state index is 12.6. The quantitative estimate of drug-likeness (QED) is 0.834. The van der Waals surface area contributed by atoms with Crippen molar-refractivity contribution in [2.45, 2.75) is 38.0 Å². The average Bonchev–Trinajstić information content (AvgIpc) is 2.60. The van der Waals surface area contributed by atoms with Gasteiger partial charge in [-0.2, -0.15) is 13.2 Å². The number of morpholine rings is 1. The minimum absolute atomic E-state index is 0.144. The standard InChI is InChI=1S/C17H22F3N3O2/c1-2-3-13-10-25-11-14-9-22(6-7-23(13)14)16(24)12-4-5-15(21-8-12)17(18,19)20/h4-5,8,13-14H,2-3,6-7,9-11H2,1H3/t13-,14+/m0/s1. The fourth-order valence-electron chi connectivity index (χ4n) is 3.57. The van der Waals surface area contributed by atoms with Crippen molar-refractivity contribution in [3.8, 4) is 0 Å². The van der Waals surface area contributed by atoms with E-state index in [1.165, 1.54) is 6.07 Å². The molecule has 0 unspecified atom stereocenters. The van der Waals surface area contributed by atoms with Crippen molar-refractivity contribution in [3.05, 3.63) is 29.6 Å². The van der Waals surface area contributed by atoms with E-state index in [1.54, 1.807) is 4.90 Å². The molecule has 0 spiro atoms. The highest BCUT2D eigenvalue weighted by molar-refractivity contribution is 5.94. The lowest BCUT2D eigenvalue weighted by molar-refractivity contribution is -0.141. The summed E-state index contributed by atoms with van der Waals surface area (Å²) in [4.78, 5) is 20.1. The maximum atomic E-state index is 12.6. The lowest BCUT2D eigenvalue weighted by atomic mass is 10.0. The van der Waals surface area contributed by atoms with E-state index in [9.17, 15) is 18.0 Å². The van der Waals surface area contributed by atoms with E-state index in [4.69, 9.17) is 4.74 Å². The summed E-state index contributed by atoms with van der Waals surface area (Å²) >= 11 is 0. The fourth-order valence-corrected chi connectivity index (χ4v) is 3.57. The van der Waals surface area contributed by atoms with E-state index in [1.807, 2.05) is 0 Å². The molecule has 3 rings (SSSR count). The molecule has 2 atom stereocenters. The molecule has 1 aromatic rings. The molecule has 1 amide bonds. The molecule has 2 aliphatic heterocycles. The summed E-state index contributed by atoms with van der Waals surface area (Å²) in [6.45, 7) is 5.30. The third-order valence-corrected chi connectivity index (χ3v) is 4.83. The largest absolute Gasteiger partial charge is 0.433 e. The van der Waals surface area contributed by atoms with Gasteiger partial charge in [-0.3, -0.25) is 14.7 Å². The number of carbonyl (C=O) groups excluding carboxylic acids is 1. The Morgan fingerprint density at radius 2 is 2.12 bits per heavy atom. The van der Waals surface area contributed by atoms with Gasteiger partial charge in [0.2, 0.25) is 0 Å². The SMILES string of the molecule is CCC[C@H]1COC[C@H]2CN(C(=O)c3ccc(C(F)(F)F)nc3)CCN12. The second-order valence-electron chi connectivity index (χ2n) is 6.55. The summed E-state index contributed by atoms with van der Waals surface area (Å²) in [5.41, 5.74) is -0.805. The predicted octanol–water partition coefficient (Wildman–Crippen LogP) is 2.43. The molecule has 138 valence electrons. The number of aromatic nitrogens is 1. The fraction of sp³-hybridized carbons (Fsp3) is 0.647. The lowest BCUT2D eigenvalue weighted by Crippen LogP contribution is -2.62. The molecule has 2 aliphatic rings. The monoisotopic (exact) mass is 357 g/mol. The molecule has 0 aromatic carbocycles. The molecule has 0 bridgehead atoms. The van der Waals surface area contributed by atoms with Crippen LogP contribution in [0.4, 0.5) is 13.2 Å². The summed E-state index contributed by atoms with van der Waals surface area (Å²) in [5.74, 6) is -0.279. The van der Waals surface area contributed by atoms with Crippen LogP contribution >= 0.6 is 0 Å². The number of piperazine rings is 1. The first-order valence-electron chi connectivity index (χ1n) is 8.56. The molecule has 2 fully saturated rings. The highest BCUT2D eigenvalue weighted by atomic mass is 19.4. The van der Waals surface area contributed by atoms with Crippen LogP contribution < -0.4 is 0 Å². The number of ether oxygens (including phenoxy) is 1. The van der Waals surface area contributed by atoms with Crippen LogP contribution in [0.15, 0.2) is 18.3 Å². The Hall–Kier alpha value is -1.67. The highest BCUT2D eigenvalue weighted by Gasteiger charge is 2.37. The van der Waals surface area contributed by atoms with Crippen LogP contribution in [-0.2, 0) is 10.9 Å². The second kappa shape index (κ2) is 7.29. The molecule has 0 saturated carbocycles. The van der Waals surface area contributed by atoms with Crippen LogP contribution in [0.5, 0.6) is 0 Å². The summed E-state index contributed by atoms with van der Waals surface area (Å²) in [5, 5.41) is 0. The first kappa shape index (κ1) is 18.1. The average molecular weight is 357 g/mol. The van der Waals surface area contributed by atoms with Crippen molar-refractivity contribution in [2.75, 3.05) is 32.8 Å². The third kappa shape index (κ3) is 3.95. The Morgan fingerprint density at radius 1 is 1.32 bits per heavy atom. The summed E-state index contributed by atoms with van der Waals surface area (Å²) in [6.07, 6.45) is -1.35. The Labute approximate surface area is 144 Å². The number of pyridine rings is 1. The Balaban J connectivity index is 1.66. The molecule has 2 saturated heterocycles. The van der Waals surface area contributed by atoms with Crippen LogP contribution in [0.25, 0.3) is 0 Å².